The van der Waals surface area contributed by atoms with Crippen LogP contribution >= 0.6 is 0 Å². The number of carbonyl (C=O) groups is 1. The van der Waals surface area contributed by atoms with E-state index < -0.39 is 21.8 Å². The van der Waals surface area contributed by atoms with Crippen LogP contribution in [0.2, 0.25) is 0 Å². The lowest BCUT2D eigenvalue weighted by Gasteiger charge is -2.16. The second-order valence-electron chi connectivity index (χ2n) is 5.23. The van der Waals surface area contributed by atoms with E-state index in [4.69, 9.17) is 4.74 Å². The smallest absolute Gasteiger partial charge is 0.260 e. The lowest BCUT2D eigenvalue weighted by atomic mass is 10.1. The Bertz CT molecular complexity index is 617. The van der Waals surface area contributed by atoms with Gasteiger partial charge in [0.2, 0.25) is 0 Å². The van der Waals surface area contributed by atoms with Gasteiger partial charge in [0.05, 0.1) is 11.5 Å². The van der Waals surface area contributed by atoms with Gasteiger partial charge < -0.3 is 10.1 Å². The fraction of sp³-hybridized carbons (Fsp3) is 0.500. The molecule has 1 N–H and O–H groups in total. The topological polar surface area (TPSA) is 72.5 Å². The zero-order valence-corrected chi connectivity index (χ0v) is 12.5. The third kappa shape index (κ3) is 4.70. The Hall–Kier alpha value is -1.63. The maximum absolute atomic E-state index is 13.0. The molecule has 1 aromatic carbocycles. The maximum atomic E-state index is 13.0. The van der Waals surface area contributed by atoms with Gasteiger partial charge in [-0.2, -0.15) is 0 Å². The number of ether oxygens (including phenoxy) is 1. The molecule has 0 radical (unpaired) electrons. The average molecular weight is 315 g/mol. The predicted molar refractivity (Wildman–Crippen MR) is 76.3 cm³/mol. The quantitative estimate of drug-likeness (QED) is 0.884. The van der Waals surface area contributed by atoms with Crippen molar-refractivity contribution in [3.8, 4) is 5.75 Å². The van der Waals surface area contributed by atoms with Gasteiger partial charge in [0, 0.05) is 12.6 Å². The van der Waals surface area contributed by atoms with Crippen LogP contribution in [0.25, 0.3) is 0 Å². The number of sulfone groups is 1. The van der Waals surface area contributed by atoms with E-state index in [0.717, 1.165) is 0 Å². The first-order valence-electron chi connectivity index (χ1n) is 6.76. The summed E-state index contributed by atoms with van der Waals surface area (Å²) in [6, 6.07) is 5.56. The highest BCUT2D eigenvalue weighted by atomic mass is 32.2. The molecule has 5 nitrogen and oxygen atoms in total. The molecule has 1 aliphatic rings. The zero-order valence-electron chi connectivity index (χ0n) is 11.7. The summed E-state index contributed by atoms with van der Waals surface area (Å²) in [5.41, 5.74) is 0. The number of nitrogens with one attached hydrogen (secondary N) is 1. The zero-order chi connectivity index (χ0) is 15.5. The molecule has 7 heteroatoms. The van der Waals surface area contributed by atoms with Gasteiger partial charge in [0.15, 0.2) is 15.9 Å². The predicted octanol–water partition coefficient (Wildman–Crippen LogP) is 1.14. The first-order chi connectivity index (χ1) is 9.85. The van der Waals surface area contributed by atoms with E-state index in [0.29, 0.717) is 13.0 Å². The number of rotatable bonds is 5. The highest BCUT2D eigenvalue weighted by molar-refractivity contribution is 7.91. The molecule has 2 atom stereocenters. The molecule has 1 amide bonds. The number of amides is 1. The van der Waals surface area contributed by atoms with E-state index in [1.165, 1.54) is 18.2 Å². The first-order valence-corrected chi connectivity index (χ1v) is 8.58. The minimum Gasteiger partial charge on any atom is -0.481 e. The molecule has 0 bridgehead atoms. The average Bonchev–Trinajstić information content (AvgIpc) is 2.75. The largest absolute Gasteiger partial charge is 0.481 e. The van der Waals surface area contributed by atoms with Crippen molar-refractivity contribution in [2.24, 2.45) is 5.92 Å². The van der Waals surface area contributed by atoms with Crippen LogP contribution in [0.15, 0.2) is 24.3 Å². The van der Waals surface area contributed by atoms with E-state index >= 15 is 0 Å². The molecule has 1 fully saturated rings. The van der Waals surface area contributed by atoms with Crippen molar-refractivity contribution < 1.29 is 22.3 Å². The Morgan fingerprint density at radius 1 is 1.52 bits per heavy atom. The van der Waals surface area contributed by atoms with Crippen LogP contribution in [0.4, 0.5) is 4.39 Å². The monoisotopic (exact) mass is 315 g/mol. The van der Waals surface area contributed by atoms with Gasteiger partial charge in [-0.3, -0.25) is 4.79 Å². The van der Waals surface area contributed by atoms with Crippen molar-refractivity contribution in [2.75, 3.05) is 18.1 Å². The molecule has 21 heavy (non-hydrogen) atoms. The fourth-order valence-corrected chi connectivity index (χ4v) is 4.08. The molecule has 1 aliphatic heterocycles. The molecule has 0 aliphatic carbocycles. The molecule has 1 saturated heterocycles. The molecule has 0 saturated carbocycles. The number of halogens is 1. The van der Waals surface area contributed by atoms with Crippen molar-refractivity contribution in [3.05, 3.63) is 30.1 Å². The van der Waals surface area contributed by atoms with Crippen molar-refractivity contribution in [2.45, 2.75) is 19.4 Å². The molecular formula is C14H18FNO4S. The SMILES string of the molecule is C[C@H](Oc1cccc(F)c1)C(=O)NC[C@@H]1CCS(=O)(=O)C1. The molecule has 0 spiro atoms. The van der Waals surface area contributed by atoms with E-state index in [1.807, 2.05) is 0 Å². The van der Waals surface area contributed by atoms with Gasteiger partial charge in [-0.15, -0.1) is 0 Å². The van der Waals surface area contributed by atoms with Gasteiger partial charge in [0.25, 0.3) is 5.91 Å². The van der Waals surface area contributed by atoms with E-state index in [2.05, 4.69) is 5.32 Å². The van der Waals surface area contributed by atoms with Gasteiger partial charge in [-0.05, 0) is 31.4 Å². The molecule has 0 unspecified atom stereocenters. The number of benzene rings is 1. The Labute approximate surface area is 123 Å². The Kier molecular flexibility index (Phi) is 4.82. The van der Waals surface area contributed by atoms with Gasteiger partial charge in [-0.25, -0.2) is 12.8 Å². The molecule has 0 aromatic heterocycles. The van der Waals surface area contributed by atoms with Crippen LogP contribution in [0.1, 0.15) is 13.3 Å². The normalized spacial score (nSPS) is 21.7. The van der Waals surface area contributed by atoms with Gasteiger partial charge in [-0.1, -0.05) is 6.07 Å². The summed E-state index contributed by atoms with van der Waals surface area (Å²) >= 11 is 0. The summed E-state index contributed by atoms with van der Waals surface area (Å²) < 4.78 is 41.0. The summed E-state index contributed by atoms with van der Waals surface area (Å²) in [5, 5.41) is 2.67. The third-order valence-electron chi connectivity index (χ3n) is 3.37. The minimum absolute atomic E-state index is 0.0414. The standard InChI is InChI=1S/C14H18FNO4S/c1-10(20-13-4-2-3-12(15)7-13)14(17)16-8-11-5-6-21(18,19)9-11/h2-4,7,10-11H,5-6,8-9H2,1H3,(H,16,17)/t10-,11-/m0/s1. The highest BCUT2D eigenvalue weighted by Gasteiger charge is 2.28. The van der Waals surface area contributed by atoms with E-state index in [1.54, 1.807) is 13.0 Å². The van der Waals surface area contributed by atoms with Crippen LogP contribution in [-0.4, -0.2) is 38.5 Å². The molecular weight excluding hydrogens is 297 g/mol. The summed E-state index contributed by atoms with van der Waals surface area (Å²) in [6.07, 6.45) is -0.202. The van der Waals surface area contributed by atoms with Crippen molar-refractivity contribution >= 4 is 15.7 Å². The minimum atomic E-state index is -2.94. The summed E-state index contributed by atoms with van der Waals surface area (Å²) in [4.78, 5) is 11.9. The van der Waals surface area contributed by atoms with Crippen LogP contribution < -0.4 is 10.1 Å². The lowest BCUT2D eigenvalue weighted by molar-refractivity contribution is -0.127. The van der Waals surface area contributed by atoms with Gasteiger partial charge in [0.1, 0.15) is 11.6 Å². The molecule has 1 aromatic rings. The Morgan fingerprint density at radius 2 is 2.29 bits per heavy atom. The Morgan fingerprint density at radius 3 is 2.90 bits per heavy atom. The fourth-order valence-electron chi connectivity index (χ4n) is 2.22. The summed E-state index contributed by atoms with van der Waals surface area (Å²) in [7, 11) is -2.94. The van der Waals surface area contributed by atoms with Crippen molar-refractivity contribution in [1.82, 2.24) is 5.32 Å². The second kappa shape index (κ2) is 6.43. The van der Waals surface area contributed by atoms with E-state index in [-0.39, 0.29) is 29.1 Å². The molecule has 1 heterocycles. The maximum Gasteiger partial charge on any atom is 0.260 e. The summed E-state index contributed by atoms with van der Waals surface area (Å²) in [6.45, 7) is 1.88. The van der Waals surface area contributed by atoms with Gasteiger partial charge >= 0.3 is 0 Å². The molecule has 116 valence electrons. The van der Waals surface area contributed by atoms with Crippen LogP contribution in [0, 0.1) is 11.7 Å². The number of hydrogen-bond donors (Lipinski definition) is 1. The number of hydrogen-bond acceptors (Lipinski definition) is 4. The van der Waals surface area contributed by atoms with Crippen LogP contribution in [0.5, 0.6) is 5.75 Å². The third-order valence-corrected chi connectivity index (χ3v) is 5.21. The van der Waals surface area contributed by atoms with Crippen molar-refractivity contribution in [1.29, 1.82) is 0 Å². The summed E-state index contributed by atoms with van der Waals surface area (Å²) in [5.74, 6) is -0.240. The van der Waals surface area contributed by atoms with E-state index in [9.17, 15) is 17.6 Å². The highest BCUT2D eigenvalue weighted by Crippen LogP contribution is 2.17. The number of carbonyl (C=O) groups excluding carboxylic acids is 1. The molecule has 2 rings (SSSR count). The first kappa shape index (κ1) is 15.8. The van der Waals surface area contributed by atoms with Crippen molar-refractivity contribution in [3.63, 3.8) is 0 Å². The lowest BCUT2D eigenvalue weighted by Crippen LogP contribution is -2.39. The van der Waals surface area contributed by atoms with Crippen LogP contribution in [-0.2, 0) is 14.6 Å². The Balaban J connectivity index is 1.80. The second-order valence-corrected chi connectivity index (χ2v) is 7.46. The van der Waals surface area contributed by atoms with Crippen LogP contribution in [0.3, 0.4) is 0 Å².